The lowest BCUT2D eigenvalue weighted by molar-refractivity contribution is 0.102. The van der Waals surface area contributed by atoms with Crippen molar-refractivity contribution in [1.29, 1.82) is 0 Å². The normalized spacial score (nSPS) is 11.5. The number of halogens is 8. The van der Waals surface area contributed by atoms with E-state index in [1.807, 2.05) is 70.3 Å². The van der Waals surface area contributed by atoms with E-state index in [-0.39, 0.29) is 113 Å². The van der Waals surface area contributed by atoms with Gasteiger partial charge >= 0.3 is 0 Å². The lowest BCUT2D eigenvalue weighted by Crippen LogP contribution is -2.44. The smallest absolute Gasteiger partial charge is 0.250 e. The van der Waals surface area contributed by atoms with E-state index < -0.39 is 44.9 Å². The van der Waals surface area contributed by atoms with E-state index in [2.05, 4.69) is 152 Å². The topological polar surface area (TPSA) is 291 Å². The number of pyridine rings is 6. The van der Waals surface area contributed by atoms with E-state index in [1.54, 1.807) is 128 Å². The minimum absolute atomic E-state index is 0.0578. The molecule has 0 atom stereocenters. The molecule has 0 amide bonds. The molecule has 0 spiro atoms. The molecule has 12 rings (SSSR count). The number of aromatic nitrogens is 6. The van der Waals surface area contributed by atoms with Crippen LogP contribution in [0.15, 0.2) is 194 Å². The first-order valence-corrected chi connectivity index (χ1v) is 59.4. The SMILES string of the molecule is CCOc1ccc(C(=O)c2ccc(Cl)c(OC)n2)cc1Cl.COc1ccc(C(=O)c2ccc(Cl)c(OC)n2)cc1.COc1nc(C(=O)c2ccc(O[Si](C)(C)C(C)(C)C)c(C)c2)ccc1Cl.COc1nc(C(=O)c2ccc(O[Si](C)(C)C(C)(C)C)c(C)c2)ccc1Cl.COc1nc(C(=O)c2ccc(O[Si](C)(C)C(C)(C)C)c(F)c2)ccc1Cl.COc1nc(C(=O)c2ccc(O[Si](C)(C)C(C)(C)C)cc2)ccc1Cl. The number of nitrogens with zero attached hydrogens (tertiary/aromatic N) is 6. The fourth-order valence-electron chi connectivity index (χ4n) is 11.6. The Morgan fingerprint density at radius 3 is 0.713 bits per heavy atom. The van der Waals surface area contributed by atoms with Gasteiger partial charge in [-0.05, 0) is 299 Å². The Hall–Kier alpha value is -11.3. The van der Waals surface area contributed by atoms with Crippen molar-refractivity contribution in [3.8, 4) is 69.8 Å². The highest BCUT2D eigenvalue weighted by Crippen LogP contribution is 2.44. The van der Waals surface area contributed by atoms with Gasteiger partial charge in [-0.15, -0.1) is 0 Å². The molecule has 762 valence electrons. The first-order chi connectivity index (χ1) is 66.6. The van der Waals surface area contributed by atoms with Crippen molar-refractivity contribution in [3.05, 3.63) is 314 Å². The standard InChI is InChI=1S/2C20H26ClNO3Si.C19H23ClFNO3Si.C19H24ClNO3Si.C15H13Cl2NO3.C14H12ClNO3/c2*1-13-12-14(8-11-17(13)25-26(6,7)20(2,3)4)18(23)16-10-9-15(21)19(22-16)24-5;1-19(2,3)26(5,6)25-16-10-7-12(11-14(16)21)17(23)15-9-8-13(20)18(22-15)24-4;1-19(2,3)25(5,6)24-14-9-7-13(8-10-14)17(22)16-12-11-15(20)18(21-16)23-4;1-3-21-13-7-4-9(8-11(13)17)14(19)12-6-5-10(16)15(18-12)20-2;1-18-10-5-3-9(4-6-10)13(17)12-8-7-11(15)14(16-12)19-2/h2*8-12H,1-7H3;7-11H,1-6H3;7-12H,1-6H3;4-8H,3H2,1-2H3;3-8H,1-2H3. The molecule has 6 heterocycles. The summed E-state index contributed by atoms with van der Waals surface area (Å²) < 4.78 is 80.1. The van der Waals surface area contributed by atoms with E-state index in [0.29, 0.717) is 98.2 Å². The van der Waals surface area contributed by atoms with E-state index in [4.69, 9.17) is 137 Å². The van der Waals surface area contributed by atoms with Crippen LogP contribution in [-0.4, -0.2) is 154 Å². The summed E-state index contributed by atoms with van der Waals surface area (Å²) in [6.45, 7) is 49.6. The average Bonchev–Trinajstić information content (AvgIpc) is 0.448. The van der Waals surface area contributed by atoms with Crippen LogP contribution in [-0.2, 0) is 0 Å². The van der Waals surface area contributed by atoms with Gasteiger partial charge in [0.05, 0.1) is 61.4 Å². The van der Waals surface area contributed by atoms with E-state index >= 15 is 0 Å². The minimum atomic E-state index is -2.17. The molecule has 0 aliphatic heterocycles. The third-order valence-corrected chi connectivity index (χ3v) is 43.6. The molecule has 0 saturated carbocycles. The third kappa shape index (κ3) is 32.1. The van der Waals surface area contributed by atoms with Gasteiger partial charge in [-0.1, -0.05) is 164 Å². The Labute approximate surface area is 877 Å². The van der Waals surface area contributed by atoms with Crippen LogP contribution in [0.2, 0.25) is 108 Å². The van der Waals surface area contributed by atoms with Gasteiger partial charge in [-0.25, -0.2) is 34.3 Å². The summed E-state index contributed by atoms with van der Waals surface area (Å²) >= 11 is 41.7. The van der Waals surface area contributed by atoms with Crippen molar-refractivity contribution in [2.75, 3.05) is 56.4 Å². The van der Waals surface area contributed by atoms with Crippen LogP contribution in [0.1, 0.15) is 197 Å². The van der Waals surface area contributed by atoms with Crippen molar-refractivity contribution in [2.45, 2.75) is 176 Å². The molecule has 0 unspecified atom stereocenters. The number of ether oxygens (including phenoxy) is 8. The predicted octanol–water partition coefficient (Wildman–Crippen LogP) is 29.2. The van der Waals surface area contributed by atoms with Crippen LogP contribution >= 0.6 is 81.2 Å². The lowest BCUT2D eigenvalue weighted by Gasteiger charge is -2.37. The molecule has 0 fully saturated rings. The zero-order valence-corrected chi connectivity index (χ0v) is 95.5. The average molecular weight is 2160 g/mol. The number of benzene rings is 6. The summed E-state index contributed by atoms with van der Waals surface area (Å²) in [4.78, 5) is 100.0. The number of aryl methyl sites for hydroxylation is 2. The van der Waals surface area contributed by atoms with Crippen molar-refractivity contribution >= 4 is 149 Å². The summed E-state index contributed by atoms with van der Waals surface area (Å²) in [5.74, 6) is 3.16. The number of ketones is 6. The Morgan fingerprint density at radius 1 is 0.266 bits per heavy atom. The molecular formula is C107H124Cl7FN6O18Si4. The summed E-state index contributed by atoms with van der Waals surface area (Å²) in [6.07, 6.45) is 0. The number of rotatable bonds is 29. The maximum Gasteiger partial charge on any atom is 0.250 e. The van der Waals surface area contributed by atoms with Gasteiger partial charge < -0.3 is 55.6 Å². The van der Waals surface area contributed by atoms with Crippen LogP contribution in [0.4, 0.5) is 4.39 Å². The highest BCUT2D eigenvalue weighted by molar-refractivity contribution is 6.76. The van der Waals surface area contributed by atoms with Gasteiger partial charge in [-0.3, -0.25) is 28.8 Å². The maximum atomic E-state index is 14.5. The molecule has 0 N–H and O–H groups in total. The molecule has 0 saturated heterocycles. The Balaban J connectivity index is 0.000000234. The van der Waals surface area contributed by atoms with Crippen molar-refractivity contribution in [2.24, 2.45) is 0 Å². The second-order valence-corrected chi connectivity index (χ2v) is 60.2. The summed E-state index contributed by atoms with van der Waals surface area (Å²) in [5, 5.41) is 2.79. The second kappa shape index (κ2) is 50.9. The molecule has 6 aromatic heterocycles. The van der Waals surface area contributed by atoms with Gasteiger partial charge in [0.15, 0.2) is 5.82 Å². The predicted molar refractivity (Wildman–Crippen MR) is 578 cm³/mol. The fourth-order valence-corrected chi connectivity index (χ4v) is 17.2. The summed E-state index contributed by atoms with van der Waals surface area (Å²) in [5.41, 5.74) is 6.17. The van der Waals surface area contributed by atoms with Crippen LogP contribution in [0.25, 0.3) is 0 Å². The maximum absolute atomic E-state index is 14.5. The quantitative estimate of drug-likeness (QED) is 0.0311. The number of hydrogen-bond donors (Lipinski definition) is 0. The summed E-state index contributed by atoms with van der Waals surface area (Å²) in [7, 11) is 2.35. The zero-order chi connectivity index (χ0) is 107. The van der Waals surface area contributed by atoms with Gasteiger partial charge in [0.25, 0.3) is 8.32 Å². The van der Waals surface area contributed by atoms with Crippen molar-refractivity contribution in [1.82, 2.24) is 29.9 Å². The van der Waals surface area contributed by atoms with Crippen LogP contribution in [0.5, 0.6) is 69.8 Å². The first kappa shape index (κ1) is 119. The van der Waals surface area contributed by atoms with Crippen LogP contribution in [0, 0.1) is 19.7 Å². The van der Waals surface area contributed by atoms with Gasteiger partial charge in [0.1, 0.15) is 98.8 Å². The molecule has 12 aromatic rings. The third-order valence-electron chi connectivity index (χ3n) is 24.2. The molecule has 0 aliphatic carbocycles. The fraction of sp³-hybridized carbons (Fsp3) is 0.327. The summed E-state index contributed by atoms with van der Waals surface area (Å²) in [6, 6.07) is 52.9. The number of methoxy groups -OCH3 is 7. The highest BCUT2D eigenvalue weighted by atomic mass is 35.5. The molecule has 0 radical (unpaired) electrons. The molecule has 36 heteroatoms. The molecular weight excluding hydrogens is 2040 g/mol. The molecule has 6 aromatic carbocycles. The monoisotopic (exact) mass is 2160 g/mol. The first-order valence-electron chi connectivity index (χ1n) is 45.1. The van der Waals surface area contributed by atoms with Gasteiger partial charge in [0.2, 0.25) is 94.9 Å². The Bertz CT molecular complexity index is 6200. The van der Waals surface area contributed by atoms with Gasteiger partial charge in [-0.2, -0.15) is 0 Å². The largest absolute Gasteiger partial charge is 0.544 e. The lowest BCUT2D eigenvalue weighted by atomic mass is 10.0. The molecule has 143 heavy (non-hydrogen) atoms. The molecule has 0 aliphatic rings. The van der Waals surface area contributed by atoms with E-state index in [1.165, 1.54) is 79.1 Å². The minimum Gasteiger partial charge on any atom is -0.544 e. The van der Waals surface area contributed by atoms with Crippen LogP contribution < -0.4 is 55.6 Å². The van der Waals surface area contributed by atoms with Crippen LogP contribution in [0.3, 0.4) is 0 Å². The van der Waals surface area contributed by atoms with Crippen molar-refractivity contribution < 1.29 is 88.8 Å². The second-order valence-electron chi connectivity index (χ2n) is 38.5. The number of carbonyl (C=O) groups is 6. The van der Waals surface area contributed by atoms with Crippen molar-refractivity contribution in [3.63, 3.8) is 0 Å². The Morgan fingerprint density at radius 2 is 0.483 bits per heavy atom. The van der Waals surface area contributed by atoms with E-state index in [9.17, 15) is 33.2 Å². The van der Waals surface area contributed by atoms with Gasteiger partial charge in [0, 0.05) is 33.4 Å². The number of carbonyl (C=O) groups excluding carboxylic acids is 6. The molecule has 0 bridgehead atoms. The zero-order valence-electron chi connectivity index (χ0n) is 86.2. The number of hydrogen-bond acceptors (Lipinski definition) is 24. The molecule has 24 nitrogen and oxygen atoms in total. The Kier molecular flexibility index (Phi) is 42.3. The van der Waals surface area contributed by atoms with E-state index in [0.717, 1.165) is 28.4 Å². The highest BCUT2D eigenvalue weighted by Gasteiger charge is 2.43.